The topological polar surface area (TPSA) is 94.8 Å². The van der Waals surface area contributed by atoms with Gasteiger partial charge in [-0.3, -0.25) is 14.5 Å². The number of aromatic nitrogens is 2. The van der Waals surface area contributed by atoms with Gasteiger partial charge in [0.15, 0.2) is 16.9 Å². The van der Waals surface area contributed by atoms with Crippen molar-refractivity contribution < 1.29 is 18.7 Å². The van der Waals surface area contributed by atoms with Crippen molar-refractivity contribution in [1.82, 2.24) is 10.2 Å². The molecular formula is C24H20ClN3O5S. The average molecular weight is 498 g/mol. The van der Waals surface area contributed by atoms with E-state index in [4.69, 9.17) is 25.5 Å². The van der Waals surface area contributed by atoms with Gasteiger partial charge in [0, 0.05) is 5.02 Å². The number of aryl methyl sites for hydroxylation is 2. The Labute approximate surface area is 203 Å². The van der Waals surface area contributed by atoms with Gasteiger partial charge >= 0.3 is 0 Å². The number of amides is 1. The van der Waals surface area contributed by atoms with E-state index in [0.29, 0.717) is 49.8 Å². The lowest BCUT2D eigenvalue weighted by atomic mass is 9.98. The van der Waals surface area contributed by atoms with E-state index < -0.39 is 11.9 Å². The van der Waals surface area contributed by atoms with Gasteiger partial charge in [-0.2, -0.15) is 0 Å². The smallest absolute Gasteiger partial charge is 0.297 e. The van der Waals surface area contributed by atoms with Crippen molar-refractivity contribution in [3.05, 3.63) is 73.0 Å². The quantitative estimate of drug-likeness (QED) is 0.379. The molecule has 0 radical (unpaired) electrons. The van der Waals surface area contributed by atoms with Crippen LogP contribution < -0.4 is 19.8 Å². The first kappa shape index (κ1) is 22.4. The van der Waals surface area contributed by atoms with Gasteiger partial charge in [-0.25, -0.2) is 0 Å². The van der Waals surface area contributed by atoms with Gasteiger partial charge in [0.05, 0.1) is 30.7 Å². The second-order valence-corrected chi connectivity index (χ2v) is 9.36. The molecule has 1 aliphatic rings. The number of hydrogen-bond donors (Lipinski definition) is 0. The molecule has 34 heavy (non-hydrogen) atoms. The van der Waals surface area contributed by atoms with E-state index in [1.807, 2.05) is 13.8 Å². The summed E-state index contributed by atoms with van der Waals surface area (Å²) in [6.45, 7) is 5.95. The Morgan fingerprint density at radius 1 is 1.15 bits per heavy atom. The Bertz CT molecular complexity index is 1510. The number of nitrogens with zero attached hydrogens (tertiary/aromatic N) is 3. The van der Waals surface area contributed by atoms with Gasteiger partial charge in [-0.05, 0) is 56.2 Å². The highest BCUT2D eigenvalue weighted by Gasteiger charge is 2.45. The lowest BCUT2D eigenvalue weighted by molar-refractivity contribution is 0.0970. The van der Waals surface area contributed by atoms with Gasteiger partial charge in [0.2, 0.25) is 10.9 Å². The normalized spacial score (nSPS) is 15.1. The minimum atomic E-state index is -0.792. The minimum absolute atomic E-state index is 0.0232. The Morgan fingerprint density at radius 3 is 2.62 bits per heavy atom. The Morgan fingerprint density at radius 2 is 1.94 bits per heavy atom. The summed E-state index contributed by atoms with van der Waals surface area (Å²) in [5.41, 5.74) is 1.58. The summed E-state index contributed by atoms with van der Waals surface area (Å²) in [4.78, 5) is 28.8. The van der Waals surface area contributed by atoms with Crippen molar-refractivity contribution in [3.63, 3.8) is 0 Å². The molecule has 5 rings (SSSR count). The van der Waals surface area contributed by atoms with Crippen molar-refractivity contribution >= 4 is 44.9 Å². The summed E-state index contributed by atoms with van der Waals surface area (Å²) in [6.07, 6.45) is 0. The number of carbonyl (C=O) groups is 1. The molecule has 10 heteroatoms. The number of benzene rings is 2. The third kappa shape index (κ3) is 3.43. The van der Waals surface area contributed by atoms with E-state index in [9.17, 15) is 9.59 Å². The molecule has 0 aliphatic carbocycles. The molecule has 1 atom stereocenters. The van der Waals surface area contributed by atoms with Crippen LogP contribution in [0.15, 0.2) is 39.5 Å². The summed E-state index contributed by atoms with van der Waals surface area (Å²) in [6, 6.07) is 7.76. The number of ether oxygens (including phenoxy) is 2. The molecule has 3 heterocycles. The van der Waals surface area contributed by atoms with E-state index in [1.165, 1.54) is 23.3 Å². The molecule has 0 saturated carbocycles. The summed E-state index contributed by atoms with van der Waals surface area (Å²) >= 11 is 7.56. The van der Waals surface area contributed by atoms with Crippen molar-refractivity contribution in [3.8, 4) is 11.5 Å². The van der Waals surface area contributed by atoms with E-state index in [1.54, 1.807) is 37.3 Å². The van der Waals surface area contributed by atoms with Crippen LogP contribution in [0, 0.1) is 13.8 Å². The molecule has 1 amide bonds. The highest BCUT2D eigenvalue weighted by atomic mass is 35.5. The molecule has 2 aromatic heterocycles. The first-order valence-electron chi connectivity index (χ1n) is 10.5. The SMILES string of the molecule is CCOc1ccc(C2c3c(oc4cc(C)c(Cl)cc4c3=O)C(=O)N2c2nnc(C)s2)cc1OC. The zero-order valence-corrected chi connectivity index (χ0v) is 20.4. The molecule has 1 aliphatic heterocycles. The fraction of sp³-hybridized carbons (Fsp3) is 0.250. The van der Waals surface area contributed by atoms with Crippen molar-refractivity contribution in [2.75, 3.05) is 18.6 Å². The standard InChI is InChI=1S/C24H20ClN3O5S/c1-5-32-16-7-6-13(9-18(16)31-4)20-19-21(29)14-10-15(25)11(2)8-17(14)33-22(19)23(30)28(20)24-27-26-12(3)34-24/h6-10,20H,5H2,1-4H3. The van der Waals surface area contributed by atoms with Crippen LogP contribution in [-0.2, 0) is 0 Å². The lowest BCUT2D eigenvalue weighted by Gasteiger charge is -2.23. The molecule has 8 nitrogen and oxygen atoms in total. The largest absolute Gasteiger partial charge is 0.493 e. The third-order valence-electron chi connectivity index (χ3n) is 5.68. The number of rotatable bonds is 5. The maximum atomic E-state index is 13.7. The van der Waals surface area contributed by atoms with Crippen LogP contribution in [-0.4, -0.2) is 29.8 Å². The van der Waals surface area contributed by atoms with Crippen molar-refractivity contribution in [1.29, 1.82) is 0 Å². The second-order valence-electron chi connectivity index (χ2n) is 7.80. The monoisotopic (exact) mass is 497 g/mol. The van der Waals surface area contributed by atoms with Gasteiger partial charge in [-0.15, -0.1) is 10.2 Å². The molecule has 0 spiro atoms. The van der Waals surface area contributed by atoms with Crippen LogP contribution in [0.5, 0.6) is 11.5 Å². The second kappa shape index (κ2) is 8.41. The Balaban J connectivity index is 1.79. The summed E-state index contributed by atoms with van der Waals surface area (Å²) in [7, 11) is 1.54. The van der Waals surface area contributed by atoms with Crippen LogP contribution >= 0.6 is 22.9 Å². The number of anilines is 1. The zero-order chi connectivity index (χ0) is 24.1. The molecule has 0 fully saturated rings. The minimum Gasteiger partial charge on any atom is -0.493 e. The van der Waals surface area contributed by atoms with Crippen molar-refractivity contribution in [2.24, 2.45) is 0 Å². The first-order valence-corrected chi connectivity index (χ1v) is 11.7. The van der Waals surface area contributed by atoms with Crippen LogP contribution in [0.25, 0.3) is 11.0 Å². The molecule has 2 aromatic carbocycles. The van der Waals surface area contributed by atoms with Crippen LogP contribution in [0.1, 0.15) is 45.2 Å². The molecule has 0 N–H and O–H groups in total. The van der Waals surface area contributed by atoms with Crippen LogP contribution in [0.3, 0.4) is 0 Å². The van der Waals surface area contributed by atoms with Crippen LogP contribution in [0.4, 0.5) is 5.13 Å². The Hall–Kier alpha value is -3.43. The highest BCUT2D eigenvalue weighted by molar-refractivity contribution is 7.15. The molecule has 4 aromatic rings. The number of halogens is 1. The number of carbonyl (C=O) groups excluding carboxylic acids is 1. The number of hydrogen-bond acceptors (Lipinski definition) is 8. The highest BCUT2D eigenvalue weighted by Crippen LogP contribution is 2.44. The molecule has 1 unspecified atom stereocenters. The van der Waals surface area contributed by atoms with Gasteiger partial charge in [-0.1, -0.05) is 29.0 Å². The average Bonchev–Trinajstić information content (AvgIpc) is 3.36. The molecule has 174 valence electrons. The Kier molecular flexibility index (Phi) is 5.53. The maximum absolute atomic E-state index is 13.7. The zero-order valence-electron chi connectivity index (χ0n) is 18.8. The van der Waals surface area contributed by atoms with E-state index in [0.717, 1.165) is 5.56 Å². The van der Waals surface area contributed by atoms with E-state index in [2.05, 4.69) is 10.2 Å². The predicted octanol–water partition coefficient (Wildman–Crippen LogP) is 5.07. The summed E-state index contributed by atoms with van der Waals surface area (Å²) in [5.74, 6) is 0.558. The predicted molar refractivity (Wildman–Crippen MR) is 130 cm³/mol. The first-order chi connectivity index (χ1) is 16.3. The van der Waals surface area contributed by atoms with Gasteiger partial charge in [0.25, 0.3) is 5.91 Å². The van der Waals surface area contributed by atoms with E-state index >= 15 is 0 Å². The van der Waals surface area contributed by atoms with E-state index in [-0.39, 0.29) is 16.8 Å². The number of fused-ring (bicyclic) bond motifs is 2. The summed E-state index contributed by atoms with van der Waals surface area (Å²) < 4.78 is 17.2. The molecule has 0 bridgehead atoms. The van der Waals surface area contributed by atoms with Crippen molar-refractivity contribution in [2.45, 2.75) is 26.8 Å². The third-order valence-corrected chi connectivity index (χ3v) is 6.92. The summed E-state index contributed by atoms with van der Waals surface area (Å²) in [5, 5.41) is 10.0. The lowest BCUT2D eigenvalue weighted by Crippen LogP contribution is -2.29. The molecule has 0 saturated heterocycles. The maximum Gasteiger partial charge on any atom is 0.297 e. The molecular weight excluding hydrogens is 478 g/mol. The van der Waals surface area contributed by atoms with Gasteiger partial charge in [0.1, 0.15) is 10.6 Å². The fourth-order valence-electron chi connectivity index (χ4n) is 4.12. The van der Waals surface area contributed by atoms with Gasteiger partial charge < -0.3 is 13.9 Å². The fourth-order valence-corrected chi connectivity index (χ4v) is 5.00. The number of methoxy groups -OCH3 is 1. The van der Waals surface area contributed by atoms with Crippen LogP contribution in [0.2, 0.25) is 5.02 Å².